The van der Waals surface area contributed by atoms with Crippen LogP contribution in [0.3, 0.4) is 0 Å². The van der Waals surface area contributed by atoms with Crippen molar-refractivity contribution >= 4 is 10.9 Å². The fourth-order valence-electron chi connectivity index (χ4n) is 3.29. The first-order valence-corrected chi connectivity index (χ1v) is 7.31. The van der Waals surface area contributed by atoms with E-state index in [4.69, 9.17) is 10.5 Å². The lowest BCUT2D eigenvalue weighted by molar-refractivity contribution is 0.379. The third kappa shape index (κ3) is 1.83. The Balaban J connectivity index is 2.05. The Morgan fingerprint density at radius 2 is 2.04 bits per heavy atom. The lowest BCUT2D eigenvalue weighted by atomic mass is 9.86. The number of benzene rings is 1. The number of rotatable bonds is 1. The molecule has 3 heterocycles. The minimum Gasteiger partial charge on any atom is -0.420 e. The van der Waals surface area contributed by atoms with E-state index in [9.17, 15) is 5.26 Å². The predicted molar refractivity (Wildman–Crippen MR) is 85.7 cm³/mol. The average molecular weight is 305 g/mol. The van der Waals surface area contributed by atoms with Crippen molar-refractivity contribution in [3.05, 3.63) is 58.5 Å². The highest BCUT2D eigenvalue weighted by atomic mass is 16.5. The number of allylic oxidation sites excluding steroid dienone is 1. The molecule has 0 bridgehead atoms. The third-order valence-corrected chi connectivity index (χ3v) is 4.22. The number of imidazole rings is 1. The second-order valence-electron chi connectivity index (χ2n) is 5.68. The Hall–Kier alpha value is -3.20. The van der Waals surface area contributed by atoms with Gasteiger partial charge in [-0.3, -0.25) is 0 Å². The molecule has 3 aromatic rings. The Kier molecular flexibility index (Phi) is 2.72. The van der Waals surface area contributed by atoms with Gasteiger partial charge in [0.25, 0.3) is 0 Å². The number of hydrogen-bond donors (Lipinski definition) is 3. The van der Waals surface area contributed by atoms with Crippen LogP contribution in [0, 0.1) is 25.2 Å². The van der Waals surface area contributed by atoms with Gasteiger partial charge in [0.15, 0.2) is 0 Å². The number of para-hydroxylation sites is 1. The largest absolute Gasteiger partial charge is 0.420 e. The number of H-pyrrole nitrogens is 2. The summed E-state index contributed by atoms with van der Waals surface area (Å²) >= 11 is 0. The lowest BCUT2D eigenvalue weighted by Gasteiger charge is -2.22. The van der Waals surface area contributed by atoms with Crippen molar-refractivity contribution in [2.24, 2.45) is 5.73 Å². The molecule has 0 radical (unpaired) electrons. The number of fused-ring (bicyclic) bond motifs is 2. The van der Waals surface area contributed by atoms with Gasteiger partial charge in [-0.15, -0.1) is 0 Å². The van der Waals surface area contributed by atoms with Gasteiger partial charge < -0.3 is 20.4 Å². The fraction of sp³-hybridized carbons (Fsp3) is 0.176. The summed E-state index contributed by atoms with van der Waals surface area (Å²) in [7, 11) is 0. The van der Waals surface area contributed by atoms with Crippen LogP contribution in [0.25, 0.3) is 10.9 Å². The van der Waals surface area contributed by atoms with Crippen molar-refractivity contribution in [1.82, 2.24) is 15.0 Å². The van der Waals surface area contributed by atoms with E-state index in [1.807, 2.05) is 38.1 Å². The molecule has 23 heavy (non-hydrogen) atoms. The van der Waals surface area contributed by atoms with Gasteiger partial charge in [0.1, 0.15) is 17.5 Å². The fourth-order valence-corrected chi connectivity index (χ4v) is 3.29. The summed E-state index contributed by atoms with van der Waals surface area (Å²) in [5.74, 6) is 0.959. The van der Waals surface area contributed by atoms with E-state index in [0.29, 0.717) is 11.5 Å². The van der Waals surface area contributed by atoms with Crippen molar-refractivity contribution in [2.45, 2.75) is 19.8 Å². The first kappa shape index (κ1) is 13.5. The summed E-state index contributed by atoms with van der Waals surface area (Å²) in [5.41, 5.74) is 10.2. The molecule has 0 fully saturated rings. The molecule has 0 amide bonds. The summed E-state index contributed by atoms with van der Waals surface area (Å²) in [4.78, 5) is 10.9. The van der Waals surface area contributed by atoms with Gasteiger partial charge in [0, 0.05) is 16.6 Å². The molecule has 1 aliphatic heterocycles. The number of nitrogens with one attached hydrogen (secondary N) is 2. The van der Waals surface area contributed by atoms with Crippen LogP contribution in [0.1, 0.15) is 28.7 Å². The van der Waals surface area contributed by atoms with E-state index >= 15 is 0 Å². The van der Waals surface area contributed by atoms with Crippen molar-refractivity contribution < 1.29 is 4.74 Å². The standard InChI is InChI=1S/C17H15N5O/c1-8-13(10-5-3-4-6-12(10)20-8)14-11(7-18)16(19)23-17-15(14)21-9(2)22-17/h3-6,14,20H,19H2,1-2H3,(H,21,22). The van der Waals surface area contributed by atoms with E-state index < -0.39 is 0 Å². The summed E-state index contributed by atoms with van der Waals surface area (Å²) < 4.78 is 5.52. The number of aromatic amines is 2. The second-order valence-corrected chi connectivity index (χ2v) is 5.68. The Morgan fingerprint density at radius 1 is 1.26 bits per heavy atom. The number of ether oxygens (including phenoxy) is 1. The van der Waals surface area contributed by atoms with Gasteiger partial charge in [0.05, 0.1) is 11.6 Å². The molecular formula is C17H15N5O. The van der Waals surface area contributed by atoms with Crippen LogP contribution >= 0.6 is 0 Å². The molecule has 114 valence electrons. The molecule has 4 N–H and O–H groups in total. The maximum atomic E-state index is 9.61. The van der Waals surface area contributed by atoms with Gasteiger partial charge in [-0.25, -0.2) is 0 Å². The zero-order valence-electron chi connectivity index (χ0n) is 12.8. The first-order valence-electron chi connectivity index (χ1n) is 7.31. The summed E-state index contributed by atoms with van der Waals surface area (Å²) in [5, 5.41) is 10.7. The zero-order valence-corrected chi connectivity index (χ0v) is 12.8. The number of hydrogen-bond acceptors (Lipinski definition) is 4. The smallest absolute Gasteiger partial charge is 0.243 e. The van der Waals surface area contributed by atoms with E-state index in [2.05, 4.69) is 21.0 Å². The molecule has 1 aliphatic rings. The first-order chi connectivity index (χ1) is 11.1. The molecule has 1 unspecified atom stereocenters. The van der Waals surface area contributed by atoms with Crippen molar-refractivity contribution in [3.8, 4) is 11.9 Å². The van der Waals surface area contributed by atoms with Gasteiger partial charge in [0.2, 0.25) is 11.8 Å². The van der Waals surface area contributed by atoms with Gasteiger partial charge in [-0.05, 0) is 25.5 Å². The van der Waals surface area contributed by atoms with Crippen molar-refractivity contribution in [2.75, 3.05) is 0 Å². The van der Waals surface area contributed by atoms with Crippen LogP contribution in [0.2, 0.25) is 0 Å². The maximum Gasteiger partial charge on any atom is 0.243 e. The Bertz CT molecular complexity index is 1000. The number of nitrogens with two attached hydrogens (primary N) is 1. The quantitative estimate of drug-likeness (QED) is 0.643. The molecular weight excluding hydrogens is 290 g/mol. The molecule has 6 nitrogen and oxygen atoms in total. The van der Waals surface area contributed by atoms with Gasteiger partial charge in [-0.1, -0.05) is 18.2 Å². The molecule has 4 rings (SSSR count). The van der Waals surface area contributed by atoms with E-state index in [1.54, 1.807) is 0 Å². The highest BCUT2D eigenvalue weighted by molar-refractivity contribution is 5.86. The molecule has 0 aliphatic carbocycles. The minimum atomic E-state index is -0.318. The summed E-state index contributed by atoms with van der Waals surface area (Å²) in [6.45, 7) is 3.85. The molecule has 1 aromatic carbocycles. The van der Waals surface area contributed by atoms with Crippen LogP contribution in [0.15, 0.2) is 35.7 Å². The highest BCUT2D eigenvalue weighted by Crippen LogP contribution is 2.44. The lowest BCUT2D eigenvalue weighted by Crippen LogP contribution is -2.21. The van der Waals surface area contributed by atoms with E-state index in [-0.39, 0.29) is 11.8 Å². The number of aromatic nitrogens is 3. The summed E-state index contributed by atoms with van der Waals surface area (Å²) in [6, 6.07) is 10.2. The van der Waals surface area contributed by atoms with Crippen LogP contribution in [-0.4, -0.2) is 15.0 Å². The summed E-state index contributed by atoms with van der Waals surface area (Å²) in [6.07, 6.45) is 0. The number of aryl methyl sites for hydroxylation is 2. The van der Waals surface area contributed by atoms with Gasteiger partial charge >= 0.3 is 0 Å². The molecule has 0 saturated heterocycles. The topological polar surface area (TPSA) is 104 Å². The Morgan fingerprint density at radius 3 is 2.83 bits per heavy atom. The minimum absolute atomic E-state index is 0.112. The third-order valence-electron chi connectivity index (χ3n) is 4.22. The van der Waals surface area contributed by atoms with Crippen molar-refractivity contribution in [1.29, 1.82) is 5.26 Å². The van der Waals surface area contributed by atoms with Crippen LogP contribution in [0.5, 0.6) is 5.88 Å². The zero-order chi connectivity index (χ0) is 16.1. The van der Waals surface area contributed by atoms with Crippen molar-refractivity contribution in [3.63, 3.8) is 0 Å². The monoisotopic (exact) mass is 305 g/mol. The molecule has 0 spiro atoms. The second kappa shape index (κ2) is 4.65. The highest BCUT2D eigenvalue weighted by Gasteiger charge is 2.35. The molecule has 1 atom stereocenters. The van der Waals surface area contributed by atoms with Crippen LogP contribution < -0.4 is 10.5 Å². The van der Waals surface area contributed by atoms with Crippen LogP contribution in [0.4, 0.5) is 0 Å². The normalized spacial score (nSPS) is 17.0. The number of nitriles is 1. The SMILES string of the molecule is Cc1nc2c([nH]1)C(c1c(C)[nH]c3ccccc13)C(C#N)=C(N)O2. The average Bonchev–Trinajstić information content (AvgIpc) is 3.04. The molecule has 0 saturated carbocycles. The molecule has 6 heteroatoms. The predicted octanol–water partition coefficient (Wildman–Crippen LogP) is 2.73. The van der Waals surface area contributed by atoms with E-state index in [0.717, 1.165) is 33.7 Å². The van der Waals surface area contributed by atoms with E-state index in [1.165, 1.54) is 0 Å². The van der Waals surface area contributed by atoms with Gasteiger partial charge in [-0.2, -0.15) is 10.2 Å². The van der Waals surface area contributed by atoms with Crippen LogP contribution in [-0.2, 0) is 0 Å². The number of nitrogens with zero attached hydrogens (tertiary/aromatic N) is 2. The maximum absolute atomic E-state index is 9.61. The molecule has 2 aromatic heterocycles. The Labute approximate surface area is 132 Å².